The molecule has 2 rings (SSSR count). The van der Waals surface area contributed by atoms with E-state index in [0.717, 1.165) is 11.1 Å². The summed E-state index contributed by atoms with van der Waals surface area (Å²) in [5.74, 6) is -0.759. The lowest BCUT2D eigenvalue weighted by atomic mass is 10.1. The molecule has 21 heavy (non-hydrogen) atoms. The lowest BCUT2D eigenvalue weighted by Crippen LogP contribution is -2.05. The number of carbonyl (C=O) groups is 1. The van der Waals surface area contributed by atoms with Gasteiger partial charge in [-0.15, -0.1) is 0 Å². The highest BCUT2D eigenvalue weighted by Crippen LogP contribution is 2.23. The van der Waals surface area contributed by atoms with Crippen molar-refractivity contribution in [2.75, 3.05) is 0 Å². The fourth-order valence-electron chi connectivity index (χ4n) is 1.79. The molecule has 0 fully saturated rings. The van der Waals surface area contributed by atoms with Crippen LogP contribution < -0.4 is 0 Å². The van der Waals surface area contributed by atoms with E-state index in [4.69, 9.17) is 16.7 Å². The van der Waals surface area contributed by atoms with Crippen molar-refractivity contribution < 1.29 is 9.90 Å². The molecule has 0 saturated carbocycles. The summed E-state index contributed by atoms with van der Waals surface area (Å²) in [5.41, 5.74) is 1.67. The second-order valence-corrected chi connectivity index (χ2v) is 4.83. The number of rotatable bonds is 6. The summed E-state index contributed by atoms with van der Waals surface area (Å²) < 4.78 is 0. The van der Waals surface area contributed by atoms with E-state index in [1.165, 1.54) is 0 Å². The van der Waals surface area contributed by atoms with Crippen LogP contribution in [0.1, 0.15) is 24.7 Å². The van der Waals surface area contributed by atoms with E-state index >= 15 is 0 Å². The van der Waals surface area contributed by atoms with Gasteiger partial charge in [0.05, 0.1) is 0 Å². The number of halogens is 1. The van der Waals surface area contributed by atoms with E-state index in [0.29, 0.717) is 5.02 Å². The molecule has 1 N–H and O–H groups in total. The van der Waals surface area contributed by atoms with Crippen molar-refractivity contribution in [3.63, 3.8) is 0 Å². The zero-order valence-corrected chi connectivity index (χ0v) is 11.7. The fraction of sp³-hybridized carbons (Fsp3) is 0.214. The Morgan fingerprint density at radius 2 is 1.81 bits per heavy atom. The highest BCUT2D eigenvalue weighted by molar-refractivity contribution is 6.30. The highest BCUT2D eigenvalue weighted by Gasteiger charge is 2.16. The van der Waals surface area contributed by atoms with Crippen LogP contribution in [0.25, 0.3) is 11.1 Å². The number of carboxylic acids is 1. The summed E-state index contributed by atoms with van der Waals surface area (Å²) in [5, 5.41) is 12.1. The molecule has 1 heterocycles. The molecule has 1 aromatic heterocycles. The fourth-order valence-corrected chi connectivity index (χ4v) is 1.92. The van der Waals surface area contributed by atoms with Crippen LogP contribution >= 0.6 is 11.6 Å². The molecule has 0 aliphatic rings. The summed E-state index contributed by atoms with van der Waals surface area (Å²) in [6, 6.07) is 6.34. The molecule has 0 saturated heterocycles. The van der Waals surface area contributed by atoms with E-state index in [-0.39, 0.29) is 18.7 Å². The van der Waals surface area contributed by atoms with Gasteiger partial charge in [-0.1, -0.05) is 28.9 Å². The normalized spacial score (nSPS) is 11.9. The predicted molar refractivity (Wildman–Crippen MR) is 77.9 cm³/mol. The molecular formula is C14H12ClN3O3. The molecule has 6 nitrogen and oxygen atoms in total. The van der Waals surface area contributed by atoms with Gasteiger partial charge in [-0.3, -0.25) is 4.79 Å². The maximum atomic E-state index is 10.8. The van der Waals surface area contributed by atoms with E-state index in [2.05, 4.69) is 15.1 Å². The molecule has 0 radical (unpaired) electrons. The number of aliphatic carboxylic acids is 1. The summed E-state index contributed by atoms with van der Waals surface area (Å²) in [7, 11) is 0. The van der Waals surface area contributed by atoms with Gasteiger partial charge in [0, 0.05) is 29.4 Å². The third kappa shape index (κ3) is 4.06. The topological polar surface area (TPSA) is 92.5 Å². The monoisotopic (exact) mass is 305 g/mol. The van der Waals surface area contributed by atoms with Gasteiger partial charge in [0.25, 0.3) is 0 Å². The average molecular weight is 306 g/mol. The summed E-state index contributed by atoms with van der Waals surface area (Å²) in [6.07, 6.45) is 3.08. The minimum absolute atomic E-state index is 0.0825. The van der Waals surface area contributed by atoms with Crippen molar-refractivity contribution in [1.82, 2.24) is 9.97 Å². The maximum absolute atomic E-state index is 10.8. The molecule has 7 heteroatoms. The van der Waals surface area contributed by atoms with Crippen molar-refractivity contribution in [2.24, 2.45) is 5.18 Å². The second-order valence-electron chi connectivity index (χ2n) is 4.39. The van der Waals surface area contributed by atoms with Gasteiger partial charge in [-0.25, -0.2) is 9.97 Å². The van der Waals surface area contributed by atoms with Crippen molar-refractivity contribution in [3.8, 4) is 11.1 Å². The number of nitroso groups, excluding NO2 is 1. The standard InChI is InChI=1S/C14H12ClN3O3/c15-11-3-1-9(2-4-11)10-7-16-14(17-8-10)12(18-21)5-6-13(19)20/h1-4,7-8,12H,5-6H2,(H,19,20). The van der Waals surface area contributed by atoms with Gasteiger partial charge in [0.2, 0.25) is 0 Å². The molecule has 0 amide bonds. The Labute approximate surface area is 125 Å². The number of nitrogens with zero attached hydrogens (tertiary/aromatic N) is 3. The molecule has 0 aliphatic carbocycles. The van der Waals surface area contributed by atoms with Gasteiger partial charge < -0.3 is 5.11 Å². The molecule has 0 spiro atoms. The molecule has 1 unspecified atom stereocenters. The molecule has 2 aromatic rings. The van der Waals surface area contributed by atoms with Gasteiger partial charge in [0.1, 0.15) is 0 Å². The zero-order valence-electron chi connectivity index (χ0n) is 10.9. The van der Waals surface area contributed by atoms with E-state index in [9.17, 15) is 9.70 Å². The van der Waals surface area contributed by atoms with Crippen molar-refractivity contribution >= 4 is 17.6 Å². The highest BCUT2D eigenvalue weighted by atomic mass is 35.5. The molecule has 1 aromatic carbocycles. The Bertz CT molecular complexity index is 629. The van der Waals surface area contributed by atoms with Crippen LogP contribution in [0.3, 0.4) is 0 Å². The number of hydrogen-bond donors (Lipinski definition) is 1. The van der Waals surface area contributed by atoms with Crippen molar-refractivity contribution in [3.05, 3.63) is 52.4 Å². The molecule has 0 bridgehead atoms. The van der Waals surface area contributed by atoms with Crippen LogP contribution in [-0.4, -0.2) is 21.0 Å². The number of carboxylic acid groups (broad SMARTS) is 1. The second kappa shape index (κ2) is 6.90. The number of aromatic nitrogens is 2. The van der Waals surface area contributed by atoms with Gasteiger partial charge in [-0.05, 0) is 24.1 Å². The Kier molecular flexibility index (Phi) is 4.94. The number of hydrogen-bond acceptors (Lipinski definition) is 5. The van der Waals surface area contributed by atoms with Gasteiger partial charge in [0.15, 0.2) is 11.9 Å². The van der Waals surface area contributed by atoms with Crippen molar-refractivity contribution in [1.29, 1.82) is 0 Å². The van der Waals surface area contributed by atoms with Crippen molar-refractivity contribution in [2.45, 2.75) is 18.9 Å². The SMILES string of the molecule is O=NC(CCC(=O)O)c1ncc(-c2ccc(Cl)cc2)cn1. The lowest BCUT2D eigenvalue weighted by Gasteiger charge is -2.07. The Balaban J connectivity index is 2.15. The molecular weight excluding hydrogens is 294 g/mol. The summed E-state index contributed by atoms with van der Waals surface area (Å²) >= 11 is 5.82. The first-order valence-electron chi connectivity index (χ1n) is 6.22. The first-order chi connectivity index (χ1) is 10.1. The third-order valence-electron chi connectivity index (χ3n) is 2.91. The smallest absolute Gasteiger partial charge is 0.303 e. The third-order valence-corrected chi connectivity index (χ3v) is 3.16. The van der Waals surface area contributed by atoms with E-state index in [1.807, 2.05) is 12.1 Å². The summed E-state index contributed by atoms with van der Waals surface area (Å²) in [4.78, 5) is 29.5. The Morgan fingerprint density at radius 1 is 1.19 bits per heavy atom. The van der Waals surface area contributed by atoms with Gasteiger partial charge >= 0.3 is 5.97 Å². The van der Waals surface area contributed by atoms with Crippen LogP contribution in [0.15, 0.2) is 41.8 Å². The minimum atomic E-state index is -0.985. The van der Waals surface area contributed by atoms with Crippen LogP contribution in [0.5, 0.6) is 0 Å². The van der Waals surface area contributed by atoms with E-state index < -0.39 is 12.0 Å². The maximum Gasteiger partial charge on any atom is 0.303 e. The van der Waals surface area contributed by atoms with E-state index in [1.54, 1.807) is 24.5 Å². The predicted octanol–water partition coefficient (Wildman–Crippen LogP) is 3.47. The largest absolute Gasteiger partial charge is 0.481 e. The molecule has 108 valence electrons. The molecule has 0 aliphatic heterocycles. The average Bonchev–Trinajstić information content (AvgIpc) is 2.49. The van der Waals surface area contributed by atoms with Crippen LogP contribution in [0, 0.1) is 4.91 Å². The first kappa shape index (κ1) is 15.1. The Morgan fingerprint density at radius 3 is 2.33 bits per heavy atom. The first-order valence-corrected chi connectivity index (χ1v) is 6.60. The van der Waals surface area contributed by atoms with Crippen LogP contribution in [0.2, 0.25) is 5.02 Å². The van der Waals surface area contributed by atoms with Crippen LogP contribution in [0.4, 0.5) is 0 Å². The quantitative estimate of drug-likeness (QED) is 0.825. The van der Waals surface area contributed by atoms with Gasteiger partial charge in [-0.2, -0.15) is 4.91 Å². The number of benzene rings is 1. The Hall–Kier alpha value is -2.34. The zero-order chi connectivity index (χ0) is 15.2. The minimum Gasteiger partial charge on any atom is -0.481 e. The lowest BCUT2D eigenvalue weighted by molar-refractivity contribution is -0.137. The summed E-state index contributed by atoms with van der Waals surface area (Å²) in [6.45, 7) is 0. The van der Waals surface area contributed by atoms with Crippen LogP contribution in [-0.2, 0) is 4.79 Å². The molecule has 1 atom stereocenters.